The Hall–Kier alpha value is -1.99. The highest BCUT2D eigenvalue weighted by Crippen LogP contribution is 2.36. The van der Waals surface area contributed by atoms with Crippen LogP contribution in [0, 0.1) is 20.8 Å². The van der Waals surface area contributed by atoms with Gasteiger partial charge in [-0.05, 0) is 63.8 Å². The molecule has 1 amide bonds. The summed E-state index contributed by atoms with van der Waals surface area (Å²) in [5, 5.41) is 3.43. The average molecular weight is 418 g/mol. The second kappa shape index (κ2) is 9.02. The van der Waals surface area contributed by atoms with Crippen LogP contribution in [0.1, 0.15) is 43.0 Å². The number of nitrogens with zero attached hydrogens (tertiary/aromatic N) is 3. The topological polar surface area (TPSA) is 74.1 Å². The van der Waals surface area contributed by atoms with Crippen LogP contribution in [0.2, 0.25) is 0 Å². The summed E-state index contributed by atoms with van der Waals surface area (Å²) in [4.78, 5) is 19.1. The molecule has 2 fully saturated rings. The predicted octanol–water partition coefficient (Wildman–Crippen LogP) is 2.66. The van der Waals surface area contributed by atoms with Gasteiger partial charge < -0.3 is 25.6 Å². The van der Waals surface area contributed by atoms with Crippen LogP contribution in [0.3, 0.4) is 0 Å². The lowest BCUT2D eigenvalue weighted by Gasteiger charge is -2.37. The summed E-state index contributed by atoms with van der Waals surface area (Å²) in [6, 6.07) is 0. The maximum Gasteiger partial charge on any atom is 0.410 e. The Labute approximate surface area is 181 Å². The van der Waals surface area contributed by atoms with Crippen LogP contribution in [0.15, 0.2) is 0 Å². The van der Waals surface area contributed by atoms with Crippen LogP contribution < -0.4 is 16.0 Å². The van der Waals surface area contributed by atoms with E-state index in [2.05, 4.69) is 35.9 Å². The first-order valence-corrected chi connectivity index (χ1v) is 11.1. The maximum absolute atomic E-state index is 12.3. The monoisotopic (exact) mass is 417 g/mol. The molecule has 7 heteroatoms. The van der Waals surface area contributed by atoms with E-state index >= 15 is 0 Å². The number of carbonyl (C=O) groups is 1. The fourth-order valence-corrected chi connectivity index (χ4v) is 4.52. The zero-order chi connectivity index (χ0) is 22.1. The maximum atomic E-state index is 12.3. The number of nitrogen functional groups attached to an aromatic ring is 1. The Morgan fingerprint density at radius 3 is 2.13 bits per heavy atom. The van der Waals surface area contributed by atoms with Crippen molar-refractivity contribution in [3.05, 3.63) is 22.3 Å². The second-order valence-corrected chi connectivity index (χ2v) is 9.60. The van der Waals surface area contributed by atoms with Gasteiger partial charge in [-0.3, -0.25) is 4.90 Å². The average Bonchev–Trinajstić information content (AvgIpc) is 2.70. The normalized spacial score (nSPS) is 18.6. The van der Waals surface area contributed by atoms with Crippen LogP contribution in [-0.2, 0) is 11.3 Å². The van der Waals surface area contributed by atoms with E-state index in [0.29, 0.717) is 13.1 Å². The molecular weight excluding hydrogens is 378 g/mol. The highest BCUT2D eigenvalue weighted by molar-refractivity contribution is 5.74. The molecule has 0 spiro atoms. The number of amides is 1. The van der Waals surface area contributed by atoms with E-state index in [9.17, 15) is 4.79 Å². The van der Waals surface area contributed by atoms with Gasteiger partial charge in [0.25, 0.3) is 0 Å². The van der Waals surface area contributed by atoms with Crippen molar-refractivity contribution in [1.82, 2.24) is 15.1 Å². The van der Waals surface area contributed by atoms with Crippen molar-refractivity contribution < 1.29 is 9.53 Å². The Kier molecular flexibility index (Phi) is 6.82. The number of nitrogens with one attached hydrogen (secondary N) is 1. The van der Waals surface area contributed by atoms with Crippen molar-refractivity contribution in [1.29, 1.82) is 0 Å². The van der Waals surface area contributed by atoms with Crippen molar-refractivity contribution in [2.45, 2.75) is 53.7 Å². The molecule has 30 heavy (non-hydrogen) atoms. The lowest BCUT2D eigenvalue weighted by molar-refractivity contribution is 0.0138. The summed E-state index contributed by atoms with van der Waals surface area (Å²) < 4.78 is 5.52. The third kappa shape index (κ3) is 5.01. The zero-order valence-electron chi connectivity index (χ0n) is 19.6. The largest absolute Gasteiger partial charge is 0.444 e. The summed E-state index contributed by atoms with van der Waals surface area (Å²) in [5.74, 6) is 0. The standard InChI is InChI=1S/C23H39N5O2/c1-16-19(15-26-11-13-28(14-12-26)22(29)30-23(4,5)6)17(2)21(18(3)20(16)24)27-9-7-25-8-10-27/h25H,7-15,24H2,1-6H3. The lowest BCUT2D eigenvalue weighted by Crippen LogP contribution is -2.49. The highest BCUT2D eigenvalue weighted by Gasteiger charge is 2.27. The fourth-order valence-electron chi connectivity index (χ4n) is 4.52. The lowest BCUT2D eigenvalue weighted by atomic mass is 9.93. The number of hydrogen-bond donors (Lipinski definition) is 2. The van der Waals surface area contributed by atoms with Gasteiger partial charge in [0.15, 0.2) is 0 Å². The van der Waals surface area contributed by atoms with Crippen LogP contribution in [0.5, 0.6) is 0 Å². The van der Waals surface area contributed by atoms with Crippen molar-refractivity contribution >= 4 is 17.5 Å². The Morgan fingerprint density at radius 2 is 1.57 bits per heavy atom. The van der Waals surface area contributed by atoms with Crippen molar-refractivity contribution in [2.24, 2.45) is 0 Å². The van der Waals surface area contributed by atoms with Gasteiger partial charge in [0.1, 0.15) is 5.60 Å². The fraction of sp³-hybridized carbons (Fsp3) is 0.696. The van der Waals surface area contributed by atoms with Gasteiger partial charge in [-0.2, -0.15) is 0 Å². The molecular formula is C23H39N5O2. The van der Waals surface area contributed by atoms with Gasteiger partial charge in [-0.1, -0.05) is 0 Å². The summed E-state index contributed by atoms with van der Waals surface area (Å²) in [7, 11) is 0. The van der Waals surface area contributed by atoms with E-state index in [4.69, 9.17) is 10.5 Å². The number of hydrogen-bond acceptors (Lipinski definition) is 6. The SMILES string of the molecule is Cc1c(N)c(C)c(N2CCNCC2)c(C)c1CN1CCN(C(=O)OC(C)(C)C)CC1. The molecule has 3 rings (SSSR count). The molecule has 2 heterocycles. The van der Waals surface area contributed by atoms with E-state index in [1.54, 1.807) is 0 Å². The predicted molar refractivity (Wildman–Crippen MR) is 123 cm³/mol. The van der Waals surface area contributed by atoms with Gasteiger partial charge in [0, 0.05) is 70.3 Å². The van der Waals surface area contributed by atoms with E-state index in [0.717, 1.165) is 51.5 Å². The molecule has 2 saturated heterocycles. The minimum absolute atomic E-state index is 0.213. The number of piperazine rings is 2. The number of nitrogens with two attached hydrogens (primary N) is 1. The van der Waals surface area contributed by atoms with Gasteiger partial charge in [-0.25, -0.2) is 4.79 Å². The van der Waals surface area contributed by atoms with E-state index in [1.807, 2.05) is 25.7 Å². The van der Waals surface area contributed by atoms with E-state index in [1.165, 1.54) is 27.9 Å². The number of carbonyl (C=O) groups excluding carboxylic acids is 1. The van der Waals surface area contributed by atoms with Crippen molar-refractivity contribution in [2.75, 3.05) is 63.0 Å². The molecule has 0 unspecified atom stereocenters. The Balaban J connectivity index is 1.73. The van der Waals surface area contributed by atoms with Gasteiger partial charge in [0.05, 0.1) is 0 Å². The number of anilines is 2. The summed E-state index contributed by atoms with van der Waals surface area (Å²) in [6.07, 6.45) is -0.213. The molecule has 0 saturated carbocycles. The molecule has 0 atom stereocenters. The molecule has 3 N–H and O–H groups in total. The van der Waals surface area contributed by atoms with Crippen molar-refractivity contribution in [3.8, 4) is 0 Å². The first kappa shape index (κ1) is 22.7. The molecule has 168 valence electrons. The van der Waals surface area contributed by atoms with Gasteiger partial charge in [-0.15, -0.1) is 0 Å². The molecule has 0 aliphatic carbocycles. The van der Waals surface area contributed by atoms with E-state index in [-0.39, 0.29) is 6.09 Å². The number of ether oxygens (including phenoxy) is 1. The van der Waals surface area contributed by atoms with Gasteiger partial charge >= 0.3 is 6.09 Å². The molecule has 2 aliphatic rings. The second-order valence-electron chi connectivity index (χ2n) is 9.60. The smallest absolute Gasteiger partial charge is 0.410 e. The molecule has 0 aromatic heterocycles. The van der Waals surface area contributed by atoms with Crippen molar-refractivity contribution in [3.63, 3.8) is 0 Å². The van der Waals surface area contributed by atoms with Crippen LogP contribution in [0.25, 0.3) is 0 Å². The number of benzene rings is 1. The molecule has 0 radical (unpaired) electrons. The third-order valence-corrected chi connectivity index (χ3v) is 6.26. The van der Waals surface area contributed by atoms with Crippen LogP contribution >= 0.6 is 0 Å². The highest BCUT2D eigenvalue weighted by atomic mass is 16.6. The number of rotatable bonds is 3. The molecule has 7 nitrogen and oxygen atoms in total. The minimum atomic E-state index is -0.456. The summed E-state index contributed by atoms with van der Waals surface area (Å²) >= 11 is 0. The Bertz CT molecular complexity index is 773. The zero-order valence-corrected chi connectivity index (χ0v) is 19.6. The molecule has 2 aliphatic heterocycles. The molecule has 0 bridgehead atoms. The van der Waals surface area contributed by atoms with Crippen LogP contribution in [-0.4, -0.2) is 73.9 Å². The first-order valence-electron chi connectivity index (χ1n) is 11.1. The Morgan fingerprint density at radius 1 is 0.967 bits per heavy atom. The third-order valence-electron chi connectivity index (χ3n) is 6.26. The molecule has 1 aromatic rings. The minimum Gasteiger partial charge on any atom is -0.444 e. The first-order chi connectivity index (χ1) is 14.1. The summed E-state index contributed by atoms with van der Waals surface area (Å²) in [5.41, 5.74) is 13.4. The molecule has 1 aromatic carbocycles. The quantitative estimate of drug-likeness (QED) is 0.737. The summed E-state index contributed by atoms with van der Waals surface area (Å²) in [6.45, 7) is 20.2. The van der Waals surface area contributed by atoms with Gasteiger partial charge in [0.2, 0.25) is 0 Å². The van der Waals surface area contributed by atoms with E-state index < -0.39 is 5.60 Å². The van der Waals surface area contributed by atoms with Crippen LogP contribution in [0.4, 0.5) is 16.2 Å².